The molecule has 0 atom stereocenters. The van der Waals surface area contributed by atoms with Crippen molar-refractivity contribution in [1.29, 1.82) is 0 Å². The molecule has 0 amide bonds. The van der Waals surface area contributed by atoms with E-state index in [1.807, 2.05) is 95.7 Å². The van der Waals surface area contributed by atoms with Crippen molar-refractivity contribution in [2.24, 2.45) is 5.11 Å². The standard InChI is InChI=1S/C33H25N7/c34-37-35-24-25-21-22-30(26-13-5-1-6-14-26)31(23-25)32-36-38-39-40(32)33(27-15-7-2-8-16-27,28-17-9-3-10-18-28)29-19-11-4-12-20-29/h1-23H,24H2. The van der Waals surface area contributed by atoms with Gasteiger partial charge in [-0.15, -0.1) is 5.10 Å². The highest BCUT2D eigenvalue weighted by Crippen LogP contribution is 2.43. The Hall–Kier alpha value is -5.52. The Morgan fingerprint density at radius 2 is 1.18 bits per heavy atom. The van der Waals surface area contributed by atoms with Crippen LogP contribution in [0.3, 0.4) is 0 Å². The van der Waals surface area contributed by atoms with E-state index in [1.165, 1.54) is 0 Å². The van der Waals surface area contributed by atoms with Crippen LogP contribution < -0.4 is 0 Å². The predicted molar refractivity (Wildman–Crippen MR) is 156 cm³/mol. The van der Waals surface area contributed by atoms with Crippen molar-refractivity contribution in [1.82, 2.24) is 20.2 Å². The fraction of sp³-hybridized carbons (Fsp3) is 0.0606. The van der Waals surface area contributed by atoms with E-state index in [-0.39, 0.29) is 6.54 Å². The molecule has 7 heteroatoms. The highest BCUT2D eigenvalue weighted by atomic mass is 15.6. The van der Waals surface area contributed by atoms with Crippen LogP contribution >= 0.6 is 0 Å². The molecule has 192 valence electrons. The second-order valence-corrected chi connectivity index (χ2v) is 9.36. The van der Waals surface area contributed by atoms with Gasteiger partial charge in [0.05, 0.1) is 6.54 Å². The third-order valence-electron chi connectivity index (χ3n) is 7.09. The van der Waals surface area contributed by atoms with Crippen LogP contribution in [-0.2, 0) is 12.1 Å². The van der Waals surface area contributed by atoms with Crippen LogP contribution in [0, 0.1) is 0 Å². The van der Waals surface area contributed by atoms with Crippen molar-refractivity contribution >= 4 is 0 Å². The van der Waals surface area contributed by atoms with E-state index in [0.29, 0.717) is 5.82 Å². The Morgan fingerprint density at radius 1 is 0.650 bits per heavy atom. The largest absolute Gasteiger partial charge is 0.205 e. The molecule has 0 saturated heterocycles. The lowest BCUT2D eigenvalue weighted by atomic mass is 9.77. The minimum absolute atomic E-state index is 0.224. The molecule has 6 rings (SSSR count). The summed E-state index contributed by atoms with van der Waals surface area (Å²) in [5.41, 5.74) is 14.9. The monoisotopic (exact) mass is 519 g/mol. The summed E-state index contributed by atoms with van der Waals surface area (Å²) in [4.78, 5) is 2.96. The van der Waals surface area contributed by atoms with Gasteiger partial charge in [0.1, 0.15) is 5.54 Å². The molecule has 0 unspecified atom stereocenters. The molecule has 1 heterocycles. The number of benzene rings is 5. The molecule has 0 radical (unpaired) electrons. The number of azide groups is 1. The molecule has 0 spiro atoms. The lowest BCUT2D eigenvalue weighted by Gasteiger charge is -2.36. The van der Waals surface area contributed by atoms with Gasteiger partial charge in [-0.2, -0.15) is 0 Å². The SMILES string of the molecule is [N-]=[N+]=NCc1ccc(-c2ccccc2)c(-c2nnnn2C(c2ccccc2)(c2ccccc2)c2ccccc2)c1. The van der Waals surface area contributed by atoms with Crippen LogP contribution in [0.25, 0.3) is 33.0 Å². The smallest absolute Gasteiger partial charge is 0.184 e. The first kappa shape index (κ1) is 24.8. The van der Waals surface area contributed by atoms with Crippen molar-refractivity contribution in [2.75, 3.05) is 0 Å². The Kier molecular flexibility index (Phi) is 6.86. The molecular formula is C33H25N7. The van der Waals surface area contributed by atoms with Crippen molar-refractivity contribution < 1.29 is 0 Å². The topological polar surface area (TPSA) is 92.4 Å². The van der Waals surface area contributed by atoms with Gasteiger partial charge in [0.15, 0.2) is 5.82 Å². The average Bonchev–Trinajstić information content (AvgIpc) is 3.52. The zero-order chi connectivity index (χ0) is 27.2. The normalized spacial score (nSPS) is 11.1. The van der Waals surface area contributed by atoms with Crippen molar-refractivity contribution in [2.45, 2.75) is 12.1 Å². The zero-order valence-corrected chi connectivity index (χ0v) is 21.6. The van der Waals surface area contributed by atoms with E-state index in [2.05, 4.69) is 68.9 Å². The van der Waals surface area contributed by atoms with Crippen LogP contribution in [0.15, 0.2) is 145 Å². The second-order valence-electron chi connectivity index (χ2n) is 9.36. The molecule has 1 aromatic heterocycles. The molecule has 40 heavy (non-hydrogen) atoms. The summed E-state index contributed by atoms with van der Waals surface area (Å²) in [7, 11) is 0. The summed E-state index contributed by atoms with van der Waals surface area (Å²) in [5.74, 6) is 0.596. The summed E-state index contributed by atoms with van der Waals surface area (Å²) in [6, 6.07) is 47.1. The van der Waals surface area contributed by atoms with Crippen LogP contribution in [0.2, 0.25) is 0 Å². The molecule has 0 aliphatic heterocycles. The Labute approximate surface area is 232 Å². The van der Waals surface area contributed by atoms with E-state index >= 15 is 0 Å². The van der Waals surface area contributed by atoms with Crippen molar-refractivity contribution in [3.05, 3.63) is 172 Å². The summed E-state index contributed by atoms with van der Waals surface area (Å²) in [5, 5.41) is 17.4. The van der Waals surface area contributed by atoms with Crippen LogP contribution in [0.1, 0.15) is 22.3 Å². The van der Waals surface area contributed by atoms with Crippen molar-refractivity contribution in [3.8, 4) is 22.5 Å². The zero-order valence-electron chi connectivity index (χ0n) is 21.6. The first-order valence-corrected chi connectivity index (χ1v) is 13.0. The van der Waals surface area contributed by atoms with Gasteiger partial charge in [-0.25, -0.2) is 4.68 Å². The molecule has 0 aliphatic rings. The summed E-state index contributed by atoms with van der Waals surface area (Å²) < 4.78 is 1.92. The van der Waals surface area contributed by atoms with E-state index in [1.54, 1.807) is 0 Å². The van der Waals surface area contributed by atoms with E-state index in [4.69, 9.17) is 10.7 Å². The maximum Gasteiger partial charge on any atom is 0.184 e. The van der Waals surface area contributed by atoms with Crippen LogP contribution in [0.5, 0.6) is 0 Å². The van der Waals surface area contributed by atoms with E-state index in [0.717, 1.165) is 38.9 Å². The van der Waals surface area contributed by atoms with Crippen molar-refractivity contribution in [3.63, 3.8) is 0 Å². The molecule has 0 aliphatic carbocycles. The molecule has 5 aromatic carbocycles. The van der Waals surface area contributed by atoms with Gasteiger partial charge in [0.2, 0.25) is 0 Å². The van der Waals surface area contributed by atoms with Gasteiger partial charge in [-0.1, -0.05) is 139 Å². The number of tetrazole rings is 1. The molecule has 0 N–H and O–H groups in total. The number of aromatic nitrogens is 4. The van der Waals surface area contributed by atoms with Gasteiger partial charge in [-0.05, 0) is 55.4 Å². The Balaban J connectivity index is 1.70. The lowest BCUT2D eigenvalue weighted by molar-refractivity contribution is 0.451. The number of nitrogens with zero attached hydrogens (tertiary/aromatic N) is 7. The van der Waals surface area contributed by atoms with Crippen LogP contribution in [-0.4, -0.2) is 20.2 Å². The summed E-state index contributed by atoms with van der Waals surface area (Å²) >= 11 is 0. The quantitative estimate of drug-likeness (QED) is 0.0894. The fourth-order valence-corrected chi connectivity index (χ4v) is 5.34. The third kappa shape index (κ3) is 4.41. The first-order valence-electron chi connectivity index (χ1n) is 13.0. The summed E-state index contributed by atoms with van der Waals surface area (Å²) in [6.45, 7) is 0.224. The fourth-order valence-electron chi connectivity index (χ4n) is 5.34. The molecule has 7 nitrogen and oxygen atoms in total. The lowest BCUT2D eigenvalue weighted by Crippen LogP contribution is -2.39. The Bertz CT molecular complexity index is 1660. The average molecular weight is 520 g/mol. The minimum Gasteiger partial charge on any atom is -0.205 e. The highest BCUT2D eigenvalue weighted by molar-refractivity contribution is 5.81. The maximum atomic E-state index is 8.96. The molecule has 0 bridgehead atoms. The number of hydrogen-bond acceptors (Lipinski definition) is 4. The number of hydrogen-bond donors (Lipinski definition) is 0. The van der Waals surface area contributed by atoms with Gasteiger partial charge in [0, 0.05) is 10.5 Å². The predicted octanol–water partition coefficient (Wildman–Crippen LogP) is 7.66. The first-order chi connectivity index (χ1) is 19.8. The summed E-state index contributed by atoms with van der Waals surface area (Å²) in [6.07, 6.45) is 0. The highest BCUT2D eigenvalue weighted by Gasteiger charge is 2.42. The molecular weight excluding hydrogens is 494 g/mol. The van der Waals surface area contributed by atoms with Crippen LogP contribution in [0.4, 0.5) is 0 Å². The van der Waals surface area contributed by atoms with Gasteiger partial charge in [-0.3, -0.25) is 0 Å². The maximum absolute atomic E-state index is 8.96. The third-order valence-corrected chi connectivity index (χ3v) is 7.09. The number of rotatable bonds is 8. The van der Waals surface area contributed by atoms with Gasteiger partial charge >= 0.3 is 0 Å². The van der Waals surface area contributed by atoms with Gasteiger partial charge in [0.25, 0.3) is 0 Å². The second kappa shape index (κ2) is 11.1. The minimum atomic E-state index is -0.878. The molecule has 0 saturated carbocycles. The van der Waals surface area contributed by atoms with E-state index < -0.39 is 5.54 Å². The van der Waals surface area contributed by atoms with E-state index in [9.17, 15) is 0 Å². The molecule has 6 aromatic rings. The molecule has 0 fully saturated rings. The van der Waals surface area contributed by atoms with Gasteiger partial charge < -0.3 is 0 Å². The Morgan fingerprint density at radius 3 is 1.70 bits per heavy atom.